The first-order chi connectivity index (χ1) is 16.5. The van der Waals surface area contributed by atoms with E-state index in [2.05, 4.69) is 0 Å². The minimum Gasteiger partial charge on any atom is -0.507 e. The molecule has 8 nitrogen and oxygen atoms in total. The van der Waals surface area contributed by atoms with Gasteiger partial charge in [0.2, 0.25) is 0 Å². The van der Waals surface area contributed by atoms with E-state index in [1.165, 1.54) is 18.1 Å². The molecule has 1 fully saturated rings. The number of Topliss-reactive ketones (excluding diaryl/α,β-unsaturated/α-hetero) is 1. The van der Waals surface area contributed by atoms with Crippen LogP contribution in [0.3, 0.4) is 0 Å². The molecule has 1 saturated heterocycles. The molecular weight excluding hydrogens is 448 g/mol. The predicted molar refractivity (Wildman–Crippen MR) is 134 cm³/mol. The third-order valence-corrected chi connectivity index (χ3v) is 5.87. The molecule has 3 rings (SSSR count). The quantitative estimate of drug-likeness (QED) is 0.318. The molecule has 0 aliphatic carbocycles. The van der Waals surface area contributed by atoms with Gasteiger partial charge in [-0.3, -0.25) is 9.59 Å². The zero-order chi connectivity index (χ0) is 25.9. The fourth-order valence-electron chi connectivity index (χ4n) is 4.22. The first-order valence-electron chi connectivity index (χ1n) is 11.6. The highest BCUT2D eigenvalue weighted by Gasteiger charge is 2.46. The van der Waals surface area contributed by atoms with Crippen molar-refractivity contribution in [3.63, 3.8) is 0 Å². The molecule has 0 saturated carbocycles. The lowest BCUT2D eigenvalue weighted by atomic mass is 9.94. The van der Waals surface area contributed by atoms with E-state index in [1.54, 1.807) is 30.3 Å². The normalized spacial score (nSPS) is 17.5. The Bertz CT molecular complexity index is 1140. The molecule has 1 heterocycles. The number of hydrogen-bond donors (Lipinski definition) is 2. The summed E-state index contributed by atoms with van der Waals surface area (Å²) in [5.74, 6) is -0.830. The summed E-state index contributed by atoms with van der Waals surface area (Å²) in [5, 5.41) is 21.4. The molecular formula is C27H34N2O6. The number of rotatable bonds is 9. The van der Waals surface area contributed by atoms with Crippen molar-refractivity contribution in [1.82, 2.24) is 9.80 Å². The van der Waals surface area contributed by atoms with Gasteiger partial charge in [0.05, 0.1) is 24.8 Å². The fraction of sp³-hybridized carbons (Fsp3) is 0.407. The van der Waals surface area contributed by atoms with Crippen LogP contribution in [0.1, 0.15) is 43.0 Å². The Balaban J connectivity index is 2.12. The number of benzene rings is 2. The van der Waals surface area contributed by atoms with Crippen molar-refractivity contribution in [2.75, 3.05) is 34.3 Å². The molecule has 1 atom stereocenters. The van der Waals surface area contributed by atoms with Crippen molar-refractivity contribution in [2.45, 2.75) is 39.3 Å². The van der Waals surface area contributed by atoms with Gasteiger partial charge in [-0.15, -0.1) is 0 Å². The van der Waals surface area contributed by atoms with Gasteiger partial charge in [0.1, 0.15) is 11.5 Å². The van der Waals surface area contributed by atoms with Gasteiger partial charge in [0.25, 0.3) is 11.7 Å². The molecule has 1 amide bonds. The van der Waals surface area contributed by atoms with E-state index >= 15 is 0 Å². The number of ketones is 1. The number of likely N-dealkylation sites (tertiary alicyclic amines) is 1. The Morgan fingerprint density at radius 3 is 2.43 bits per heavy atom. The van der Waals surface area contributed by atoms with Gasteiger partial charge in [-0.2, -0.15) is 0 Å². The number of aryl methyl sites for hydroxylation is 1. The van der Waals surface area contributed by atoms with Crippen molar-refractivity contribution in [3.8, 4) is 17.2 Å². The van der Waals surface area contributed by atoms with E-state index in [4.69, 9.17) is 9.47 Å². The van der Waals surface area contributed by atoms with Crippen molar-refractivity contribution in [1.29, 1.82) is 0 Å². The molecule has 8 heteroatoms. The van der Waals surface area contributed by atoms with Crippen LogP contribution < -0.4 is 9.47 Å². The lowest BCUT2D eigenvalue weighted by Gasteiger charge is -2.26. The van der Waals surface area contributed by atoms with Crippen LogP contribution >= 0.6 is 0 Å². The second kappa shape index (κ2) is 10.8. The van der Waals surface area contributed by atoms with E-state index in [1.807, 2.05) is 39.8 Å². The number of methoxy groups -OCH3 is 1. The maximum atomic E-state index is 13.2. The number of ether oxygens (including phenoxy) is 2. The zero-order valence-corrected chi connectivity index (χ0v) is 21.2. The van der Waals surface area contributed by atoms with E-state index in [0.29, 0.717) is 29.8 Å². The standard InChI is InChI=1S/C27H34N2O6/c1-16(2)35-21-11-9-19(14-17(21)3)25(31)23-24(18-8-10-20(30)22(15-18)34-6)29(27(33)26(23)32)13-7-12-28(4)5/h8-11,14-16,24,30-31H,7,12-13H2,1-6H3/b25-23+/t24-/m0/s1. The average molecular weight is 483 g/mol. The Labute approximate surface area is 206 Å². The van der Waals surface area contributed by atoms with Gasteiger partial charge >= 0.3 is 0 Å². The van der Waals surface area contributed by atoms with Gasteiger partial charge < -0.3 is 29.5 Å². The predicted octanol–water partition coefficient (Wildman–Crippen LogP) is 3.87. The van der Waals surface area contributed by atoms with E-state index in [9.17, 15) is 19.8 Å². The molecule has 1 aliphatic rings. The van der Waals surface area contributed by atoms with Gasteiger partial charge in [0, 0.05) is 12.1 Å². The largest absolute Gasteiger partial charge is 0.507 e. The smallest absolute Gasteiger partial charge is 0.295 e. The van der Waals surface area contributed by atoms with Gasteiger partial charge in [-0.1, -0.05) is 6.07 Å². The highest BCUT2D eigenvalue weighted by Crippen LogP contribution is 2.42. The SMILES string of the molecule is COc1cc([C@H]2/C(=C(\O)c3ccc(OC(C)C)c(C)c3)C(=O)C(=O)N2CCCN(C)C)ccc1O. The molecule has 2 N–H and O–H groups in total. The fourth-order valence-corrected chi connectivity index (χ4v) is 4.22. The summed E-state index contributed by atoms with van der Waals surface area (Å²) < 4.78 is 11.0. The lowest BCUT2D eigenvalue weighted by Crippen LogP contribution is -2.32. The van der Waals surface area contributed by atoms with Crippen LogP contribution in [0, 0.1) is 6.92 Å². The molecule has 2 aromatic carbocycles. The maximum Gasteiger partial charge on any atom is 0.295 e. The Hall–Kier alpha value is -3.52. The first-order valence-corrected chi connectivity index (χ1v) is 11.6. The molecule has 0 bridgehead atoms. The molecule has 188 valence electrons. The van der Waals surface area contributed by atoms with Crippen LogP contribution in [0.25, 0.3) is 5.76 Å². The van der Waals surface area contributed by atoms with Crippen molar-refractivity contribution >= 4 is 17.4 Å². The van der Waals surface area contributed by atoms with Crippen LogP contribution in [0.5, 0.6) is 17.2 Å². The highest BCUT2D eigenvalue weighted by molar-refractivity contribution is 6.46. The van der Waals surface area contributed by atoms with Crippen LogP contribution in [0.2, 0.25) is 0 Å². The van der Waals surface area contributed by atoms with Gasteiger partial charge in [-0.05, 0) is 89.3 Å². The van der Waals surface area contributed by atoms with Crippen LogP contribution in [-0.4, -0.2) is 72.1 Å². The van der Waals surface area contributed by atoms with Crippen molar-refractivity contribution in [3.05, 3.63) is 58.7 Å². The number of nitrogens with zero attached hydrogens (tertiary/aromatic N) is 2. The third kappa shape index (κ3) is 5.59. The molecule has 0 unspecified atom stereocenters. The molecule has 2 aromatic rings. The number of carbonyl (C=O) groups is 2. The molecule has 0 aromatic heterocycles. The summed E-state index contributed by atoms with van der Waals surface area (Å²) in [6.07, 6.45) is 0.636. The minimum atomic E-state index is -0.821. The number of aliphatic hydroxyl groups excluding tert-OH is 1. The molecule has 0 radical (unpaired) electrons. The zero-order valence-electron chi connectivity index (χ0n) is 21.2. The minimum absolute atomic E-state index is 0.00419. The Morgan fingerprint density at radius 2 is 1.83 bits per heavy atom. The van der Waals surface area contributed by atoms with E-state index < -0.39 is 17.7 Å². The van der Waals surface area contributed by atoms with Gasteiger partial charge in [0.15, 0.2) is 11.5 Å². The summed E-state index contributed by atoms with van der Waals surface area (Å²) >= 11 is 0. The van der Waals surface area contributed by atoms with Crippen molar-refractivity contribution < 1.29 is 29.3 Å². The number of amides is 1. The third-order valence-electron chi connectivity index (χ3n) is 5.87. The monoisotopic (exact) mass is 482 g/mol. The maximum absolute atomic E-state index is 13.2. The van der Waals surface area contributed by atoms with E-state index in [-0.39, 0.29) is 28.9 Å². The number of aliphatic hydroxyl groups is 1. The summed E-state index contributed by atoms with van der Waals surface area (Å²) in [4.78, 5) is 29.8. The van der Waals surface area contributed by atoms with Crippen molar-refractivity contribution in [2.24, 2.45) is 0 Å². The second-order valence-corrected chi connectivity index (χ2v) is 9.23. The molecule has 1 aliphatic heterocycles. The number of phenolic OH excluding ortho intramolecular Hbond substituents is 1. The first kappa shape index (κ1) is 26.1. The van der Waals surface area contributed by atoms with E-state index in [0.717, 1.165) is 12.1 Å². The van der Waals surface area contributed by atoms with Crippen LogP contribution in [0.15, 0.2) is 42.0 Å². The topological polar surface area (TPSA) is 99.5 Å². The molecule has 0 spiro atoms. The number of hydrogen-bond acceptors (Lipinski definition) is 7. The second-order valence-electron chi connectivity index (χ2n) is 9.23. The van der Waals surface area contributed by atoms with Crippen LogP contribution in [-0.2, 0) is 9.59 Å². The Morgan fingerprint density at radius 1 is 1.11 bits per heavy atom. The van der Waals surface area contributed by atoms with Gasteiger partial charge in [-0.25, -0.2) is 0 Å². The lowest BCUT2D eigenvalue weighted by molar-refractivity contribution is -0.139. The summed E-state index contributed by atoms with van der Waals surface area (Å²) in [5.41, 5.74) is 1.78. The average Bonchev–Trinajstić information content (AvgIpc) is 3.05. The Kier molecular flexibility index (Phi) is 8.07. The molecule has 35 heavy (non-hydrogen) atoms. The number of phenols is 1. The summed E-state index contributed by atoms with van der Waals surface area (Å²) in [6.45, 7) is 6.77. The summed E-state index contributed by atoms with van der Waals surface area (Å²) in [7, 11) is 5.30. The number of aromatic hydroxyl groups is 1. The summed E-state index contributed by atoms with van der Waals surface area (Å²) in [6, 6.07) is 9.01. The highest BCUT2D eigenvalue weighted by atomic mass is 16.5. The van der Waals surface area contributed by atoms with Crippen LogP contribution in [0.4, 0.5) is 0 Å². The number of carbonyl (C=O) groups excluding carboxylic acids is 2.